The molecular weight excluding hydrogens is 237 g/mol. The number of halogens is 3. The summed E-state index contributed by atoms with van der Waals surface area (Å²) >= 11 is 0. The zero-order valence-electron chi connectivity index (χ0n) is 9.88. The summed E-state index contributed by atoms with van der Waals surface area (Å²) in [6.07, 6.45) is -4.38. The second kappa shape index (κ2) is 5.68. The van der Waals surface area contributed by atoms with Crippen LogP contribution in [0.15, 0.2) is 0 Å². The summed E-state index contributed by atoms with van der Waals surface area (Å²) in [5.74, 6) is -0.394. The third kappa shape index (κ3) is 5.36. The maximum atomic E-state index is 11.8. The molecule has 1 saturated heterocycles. The highest BCUT2D eigenvalue weighted by Crippen LogP contribution is 2.14. The number of carbonyl (C=O) groups is 1. The first kappa shape index (κ1) is 14.2. The summed E-state index contributed by atoms with van der Waals surface area (Å²) in [7, 11) is 0. The van der Waals surface area contributed by atoms with E-state index in [1.165, 1.54) is 4.90 Å². The summed E-state index contributed by atoms with van der Waals surface area (Å²) in [6.45, 7) is 2.95. The third-order valence-corrected chi connectivity index (χ3v) is 2.40. The summed E-state index contributed by atoms with van der Waals surface area (Å²) in [6, 6.07) is 0.288. The Morgan fingerprint density at radius 1 is 1.35 bits per heavy atom. The van der Waals surface area contributed by atoms with Crippen molar-refractivity contribution in [2.75, 3.05) is 26.3 Å². The molecule has 0 saturated carbocycles. The molecule has 2 atom stereocenters. The van der Waals surface area contributed by atoms with Gasteiger partial charge in [-0.3, -0.25) is 4.79 Å². The molecular formula is C10H17F3N2O2. The fourth-order valence-electron chi connectivity index (χ4n) is 1.88. The number of amides is 1. The van der Waals surface area contributed by atoms with Crippen molar-refractivity contribution < 1.29 is 22.7 Å². The molecule has 17 heavy (non-hydrogen) atoms. The normalized spacial score (nSPS) is 26.1. The summed E-state index contributed by atoms with van der Waals surface area (Å²) in [4.78, 5) is 13.1. The van der Waals surface area contributed by atoms with Crippen LogP contribution in [0.4, 0.5) is 13.2 Å². The lowest BCUT2D eigenvalue weighted by Crippen LogP contribution is -2.56. The Hall–Kier alpha value is -0.820. The van der Waals surface area contributed by atoms with Gasteiger partial charge < -0.3 is 15.0 Å². The predicted octanol–water partition coefficient (Wildman–Crippen LogP) is 0.774. The summed E-state index contributed by atoms with van der Waals surface area (Å²) in [5.41, 5.74) is 0. The average molecular weight is 254 g/mol. The highest BCUT2D eigenvalue weighted by Gasteiger charge is 2.29. The van der Waals surface area contributed by atoms with Crippen molar-refractivity contribution in [3.05, 3.63) is 0 Å². The first-order chi connectivity index (χ1) is 7.78. The molecule has 100 valence electrons. The summed E-state index contributed by atoms with van der Waals surface area (Å²) < 4.78 is 39.8. The van der Waals surface area contributed by atoms with Crippen molar-refractivity contribution in [2.45, 2.75) is 32.1 Å². The van der Waals surface area contributed by atoms with Crippen molar-refractivity contribution >= 4 is 5.91 Å². The van der Waals surface area contributed by atoms with Gasteiger partial charge in [0.1, 0.15) is 13.2 Å². The van der Waals surface area contributed by atoms with Gasteiger partial charge in [0.05, 0.1) is 0 Å². The van der Waals surface area contributed by atoms with Crippen LogP contribution in [0.3, 0.4) is 0 Å². The van der Waals surface area contributed by atoms with Crippen LogP contribution in [0.2, 0.25) is 0 Å². The van der Waals surface area contributed by atoms with Gasteiger partial charge in [0.2, 0.25) is 5.91 Å². The van der Waals surface area contributed by atoms with Crippen LogP contribution in [0, 0.1) is 0 Å². The van der Waals surface area contributed by atoms with E-state index in [0.29, 0.717) is 13.1 Å². The van der Waals surface area contributed by atoms with Crippen molar-refractivity contribution in [3.8, 4) is 0 Å². The second-order valence-corrected chi connectivity index (χ2v) is 4.38. The quantitative estimate of drug-likeness (QED) is 0.809. The number of hydrogen-bond acceptors (Lipinski definition) is 3. The Kier molecular flexibility index (Phi) is 4.76. The maximum Gasteiger partial charge on any atom is 0.411 e. The van der Waals surface area contributed by atoms with Gasteiger partial charge in [0, 0.05) is 25.2 Å². The average Bonchev–Trinajstić information content (AvgIpc) is 2.13. The van der Waals surface area contributed by atoms with Crippen LogP contribution in [-0.2, 0) is 9.53 Å². The molecule has 1 N–H and O–H groups in total. The number of alkyl halides is 3. The lowest BCUT2D eigenvalue weighted by molar-refractivity contribution is -0.178. The standard InChI is InChI=1S/C10H17F3N2O2/c1-7-3-15(4-8(2)14-7)9(16)5-17-6-10(11,12)13/h7-8,14H,3-6H2,1-2H3. The molecule has 2 unspecified atom stereocenters. The second-order valence-electron chi connectivity index (χ2n) is 4.38. The first-order valence-electron chi connectivity index (χ1n) is 5.46. The minimum Gasteiger partial charge on any atom is -0.362 e. The van der Waals surface area contributed by atoms with E-state index in [2.05, 4.69) is 10.1 Å². The lowest BCUT2D eigenvalue weighted by atomic mass is 10.1. The Bertz CT molecular complexity index is 261. The topological polar surface area (TPSA) is 41.6 Å². The van der Waals surface area contributed by atoms with Crippen LogP contribution >= 0.6 is 0 Å². The molecule has 0 aromatic heterocycles. The van der Waals surface area contributed by atoms with Gasteiger partial charge in [-0.25, -0.2) is 0 Å². The van der Waals surface area contributed by atoms with Gasteiger partial charge in [0.25, 0.3) is 0 Å². The largest absolute Gasteiger partial charge is 0.411 e. The zero-order valence-corrected chi connectivity index (χ0v) is 9.88. The molecule has 7 heteroatoms. The number of hydrogen-bond donors (Lipinski definition) is 1. The van der Waals surface area contributed by atoms with Crippen LogP contribution in [-0.4, -0.2) is 55.4 Å². The van der Waals surface area contributed by atoms with Gasteiger partial charge in [-0.2, -0.15) is 13.2 Å². The fourth-order valence-corrected chi connectivity index (χ4v) is 1.88. The first-order valence-corrected chi connectivity index (χ1v) is 5.46. The Morgan fingerprint density at radius 3 is 2.35 bits per heavy atom. The van der Waals surface area contributed by atoms with E-state index in [9.17, 15) is 18.0 Å². The van der Waals surface area contributed by atoms with Crippen LogP contribution < -0.4 is 5.32 Å². The molecule has 0 spiro atoms. The number of ether oxygens (including phenoxy) is 1. The molecule has 1 aliphatic heterocycles. The zero-order chi connectivity index (χ0) is 13.1. The molecule has 1 aliphatic rings. The smallest absolute Gasteiger partial charge is 0.362 e. The number of piperazine rings is 1. The number of nitrogens with one attached hydrogen (secondary N) is 1. The van der Waals surface area contributed by atoms with E-state index in [-0.39, 0.29) is 12.1 Å². The Labute approximate surface area is 98.1 Å². The molecule has 1 rings (SSSR count). The Balaban J connectivity index is 2.32. The van der Waals surface area contributed by atoms with E-state index in [1.807, 2.05) is 13.8 Å². The van der Waals surface area contributed by atoms with E-state index >= 15 is 0 Å². The fraction of sp³-hybridized carbons (Fsp3) is 0.900. The monoisotopic (exact) mass is 254 g/mol. The number of nitrogens with zero attached hydrogens (tertiary/aromatic N) is 1. The van der Waals surface area contributed by atoms with E-state index in [1.54, 1.807) is 0 Å². The molecule has 4 nitrogen and oxygen atoms in total. The van der Waals surface area contributed by atoms with Crippen molar-refractivity contribution in [2.24, 2.45) is 0 Å². The lowest BCUT2D eigenvalue weighted by Gasteiger charge is -2.36. The van der Waals surface area contributed by atoms with E-state index in [0.717, 1.165) is 0 Å². The molecule has 0 aromatic rings. The van der Waals surface area contributed by atoms with Crippen molar-refractivity contribution in [1.29, 1.82) is 0 Å². The van der Waals surface area contributed by atoms with Crippen LogP contribution in [0.5, 0.6) is 0 Å². The van der Waals surface area contributed by atoms with Gasteiger partial charge >= 0.3 is 6.18 Å². The van der Waals surface area contributed by atoms with E-state index in [4.69, 9.17) is 0 Å². The SMILES string of the molecule is CC1CN(C(=O)COCC(F)(F)F)CC(C)N1. The molecule has 1 heterocycles. The molecule has 0 radical (unpaired) electrons. The Morgan fingerprint density at radius 2 is 1.88 bits per heavy atom. The molecule has 0 bridgehead atoms. The van der Waals surface area contributed by atoms with Crippen LogP contribution in [0.25, 0.3) is 0 Å². The summed E-state index contributed by atoms with van der Waals surface area (Å²) in [5, 5.41) is 3.23. The minimum absolute atomic E-state index is 0.144. The molecule has 0 aliphatic carbocycles. The highest BCUT2D eigenvalue weighted by atomic mass is 19.4. The van der Waals surface area contributed by atoms with Crippen molar-refractivity contribution in [3.63, 3.8) is 0 Å². The predicted molar refractivity (Wildman–Crippen MR) is 55.5 cm³/mol. The number of rotatable bonds is 3. The van der Waals surface area contributed by atoms with Gasteiger partial charge in [-0.05, 0) is 13.8 Å². The van der Waals surface area contributed by atoms with Gasteiger partial charge in [-0.15, -0.1) is 0 Å². The molecule has 1 fully saturated rings. The molecule has 1 amide bonds. The highest BCUT2D eigenvalue weighted by molar-refractivity contribution is 5.77. The number of carbonyl (C=O) groups excluding carboxylic acids is 1. The third-order valence-electron chi connectivity index (χ3n) is 2.40. The maximum absolute atomic E-state index is 11.8. The molecule has 0 aromatic carbocycles. The van der Waals surface area contributed by atoms with Crippen molar-refractivity contribution in [1.82, 2.24) is 10.2 Å². The van der Waals surface area contributed by atoms with Gasteiger partial charge in [-0.1, -0.05) is 0 Å². The van der Waals surface area contributed by atoms with E-state index < -0.39 is 25.3 Å². The van der Waals surface area contributed by atoms with Gasteiger partial charge in [0.15, 0.2) is 0 Å². The van der Waals surface area contributed by atoms with Crippen LogP contribution in [0.1, 0.15) is 13.8 Å². The minimum atomic E-state index is -4.38.